The van der Waals surface area contributed by atoms with Crippen LogP contribution in [-0.4, -0.2) is 25.5 Å². The first kappa shape index (κ1) is 12.7. The van der Waals surface area contributed by atoms with Gasteiger partial charge in [0, 0.05) is 4.47 Å². The molecular formula is C11H12BrNO3. The Balaban J connectivity index is 2.43. The first-order valence-corrected chi connectivity index (χ1v) is 5.49. The Kier molecular flexibility index (Phi) is 4.98. The average molecular weight is 286 g/mol. The van der Waals surface area contributed by atoms with Crippen LogP contribution in [0.1, 0.15) is 5.56 Å². The van der Waals surface area contributed by atoms with Crippen molar-refractivity contribution >= 4 is 27.8 Å². The van der Waals surface area contributed by atoms with E-state index in [1.165, 1.54) is 7.11 Å². The molecule has 0 aliphatic carbocycles. The van der Waals surface area contributed by atoms with Crippen LogP contribution in [0.25, 0.3) is 0 Å². The molecule has 5 heteroatoms. The maximum Gasteiger partial charge on any atom is 0.325 e. The first-order chi connectivity index (χ1) is 7.61. The van der Waals surface area contributed by atoms with Gasteiger partial charge in [0.2, 0.25) is 5.91 Å². The third kappa shape index (κ3) is 4.44. The molecule has 0 saturated carbocycles. The molecule has 0 aliphatic rings. The second-order valence-corrected chi connectivity index (χ2v) is 4.08. The molecule has 0 bridgehead atoms. The van der Waals surface area contributed by atoms with Crippen molar-refractivity contribution in [3.05, 3.63) is 34.3 Å². The van der Waals surface area contributed by atoms with Gasteiger partial charge in [0.25, 0.3) is 0 Å². The second kappa shape index (κ2) is 6.27. The number of hydrogen-bond donors (Lipinski definition) is 1. The summed E-state index contributed by atoms with van der Waals surface area (Å²) in [4.78, 5) is 22.2. The molecule has 1 rings (SSSR count). The summed E-state index contributed by atoms with van der Waals surface area (Å²) in [5.41, 5.74) is 0.886. The molecule has 1 N–H and O–H groups in total. The molecule has 1 aromatic carbocycles. The van der Waals surface area contributed by atoms with Gasteiger partial charge < -0.3 is 10.1 Å². The van der Waals surface area contributed by atoms with Crippen molar-refractivity contribution in [1.29, 1.82) is 0 Å². The second-order valence-electron chi connectivity index (χ2n) is 3.16. The number of amides is 1. The molecule has 4 nitrogen and oxygen atoms in total. The van der Waals surface area contributed by atoms with Crippen LogP contribution in [0.3, 0.4) is 0 Å². The van der Waals surface area contributed by atoms with E-state index in [-0.39, 0.29) is 18.9 Å². The molecule has 86 valence electrons. The lowest BCUT2D eigenvalue weighted by Gasteiger charge is -2.04. The quantitative estimate of drug-likeness (QED) is 0.848. The molecule has 0 saturated heterocycles. The van der Waals surface area contributed by atoms with Crippen LogP contribution in [0.5, 0.6) is 0 Å². The van der Waals surface area contributed by atoms with Gasteiger partial charge in [-0.3, -0.25) is 9.59 Å². The van der Waals surface area contributed by atoms with Gasteiger partial charge in [-0.05, 0) is 17.7 Å². The molecule has 0 atom stereocenters. The van der Waals surface area contributed by atoms with E-state index in [1.54, 1.807) is 0 Å². The Morgan fingerprint density at radius 3 is 2.81 bits per heavy atom. The summed E-state index contributed by atoms with van der Waals surface area (Å²) in [6, 6.07) is 7.45. The van der Waals surface area contributed by atoms with E-state index < -0.39 is 5.97 Å². The maximum atomic E-state index is 11.4. The van der Waals surface area contributed by atoms with Gasteiger partial charge in [-0.2, -0.15) is 0 Å². The molecule has 0 heterocycles. The Hall–Kier alpha value is -1.36. The largest absolute Gasteiger partial charge is 0.468 e. The predicted molar refractivity (Wildman–Crippen MR) is 62.9 cm³/mol. The number of carbonyl (C=O) groups excluding carboxylic acids is 2. The van der Waals surface area contributed by atoms with Gasteiger partial charge in [-0.15, -0.1) is 0 Å². The zero-order valence-corrected chi connectivity index (χ0v) is 10.4. The van der Waals surface area contributed by atoms with Gasteiger partial charge in [0.05, 0.1) is 13.5 Å². The van der Waals surface area contributed by atoms with Crippen molar-refractivity contribution in [1.82, 2.24) is 5.32 Å². The molecule has 1 aromatic rings. The minimum absolute atomic E-state index is 0.0939. The lowest BCUT2D eigenvalue weighted by molar-refractivity contribution is -0.141. The van der Waals surface area contributed by atoms with Crippen molar-refractivity contribution in [2.45, 2.75) is 6.42 Å². The fourth-order valence-electron chi connectivity index (χ4n) is 1.14. The summed E-state index contributed by atoms with van der Waals surface area (Å²) in [5.74, 6) is -0.661. The monoisotopic (exact) mass is 285 g/mol. The predicted octanol–water partition coefficient (Wildman–Crippen LogP) is 1.28. The van der Waals surface area contributed by atoms with Crippen LogP contribution in [0.2, 0.25) is 0 Å². The molecule has 0 spiro atoms. The third-order valence-corrected chi connectivity index (χ3v) is 2.40. The Morgan fingerprint density at radius 1 is 1.44 bits per heavy atom. The van der Waals surface area contributed by atoms with Crippen molar-refractivity contribution in [3.63, 3.8) is 0 Å². The van der Waals surface area contributed by atoms with Crippen molar-refractivity contribution in [3.8, 4) is 0 Å². The lowest BCUT2D eigenvalue weighted by atomic mass is 10.1. The minimum atomic E-state index is -0.456. The number of methoxy groups -OCH3 is 1. The van der Waals surface area contributed by atoms with Gasteiger partial charge in [-0.1, -0.05) is 28.1 Å². The van der Waals surface area contributed by atoms with E-state index in [0.717, 1.165) is 10.0 Å². The van der Waals surface area contributed by atoms with Gasteiger partial charge >= 0.3 is 5.97 Å². The van der Waals surface area contributed by atoms with Crippen molar-refractivity contribution in [2.75, 3.05) is 13.7 Å². The number of hydrogen-bond acceptors (Lipinski definition) is 3. The minimum Gasteiger partial charge on any atom is -0.468 e. The Bertz CT molecular complexity index is 393. The fourth-order valence-corrected chi connectivity index (χ4v) is 1.58. The number of benzene rings is 1. The zero-order chi connectivity index (χ0) is 12.0. The summed E-state index contributed by atoms with van der Waals surface area (Å²) >= 11 is 3.32. The molecule has 0 aromatic heterocycles. The van der Waals surface area contributed by atoms with Crippen molar-refractivity contribution < 1.29 is 14.3 Å². The van der Waals surface area contributed by atoms with Gasteiger partial charge in [-0.25, -0.2) is 0 Å². The van der Waals surface area contributed by atoms with Crippen LogP contribution >= 0.6 is 15.9 Å². The Labute approximate surface area is 102 Å². The highest BCUT2D eigenvalue weighted by molar-refractivity contribution is 9.10. The van der Waals surface area contributed by atoms with E-state index in [9.17, 15) is 9.59 Å². The number of nitrogens with one attached hydrogen (secondary N) is 1. The lowest BCUT2D eigenvalue weighted by Crippen LogP contribution is -2.31. The van der Waals surface area contributed by atoms with Crippen LogP contribution < -0.4 is 5.32 Å². The van der Waals surface area contributed by atoms with Crippen LogP contribution in [-0.2, 0) is 20.7 Å². The molecule has 0 unspecified atom stereocenters. The average Bonchev–Trinajstić information content (AvgIpc) is 2.26. The highest BCUT2D eigenvalue weighted by Gasteiger charge is 2.06. The molecule has 0 fully saturated rings. The van der Waals surface area contributed by atoms with E-state index in [4.69, 9.17) is 0 Å². The molecular weight excluding hydrogens is 274 g/mol. The SMILES string of the molecule is COC(=O)CNC(=O)Cc1cccc(Br)c1. The third-order valence-electron chi connectivity index (χ3n) is 1.91. The maximum absolute atomic E-state index is 11.4. The standard InChI is InChI=1S/C11H12BrNO3/c1-16-11(15)7-13-10(14)6-8-3-2-4-9(12)5-8/h2-5H,6-7H2,1H3,(H,13,14). The van der Waals surface area contributed by atoms with E-state index in [2.05, 4.69) is 26.0 Å². The number of halogens is 1. The summed E-state index contributed by atoms with van der Waals surface area (Å²) in [5, 5.41) is 2.47. The zero-order valence-electron chi connectivity index (χ0n) is 8.83. The molecule has 0 aliphatic heterocycles. The number of ether oxygens (including phenoxy) is 1. The van der Waals surface area contributed by atoms with E-state index >= 15 is 0 Å². The summed E-state index contributed by atoms with van der Waals surface area (Å²) in [6.07, 6.45) is 0.246. The molecule has 16 heavy (non-hydrogen) atoms. The number of carbonyl (C=O) groups is 2. The summed E-state index contributed by atoms with van der Waals surface area (Å²) < 4.78 is 5.33. The first-order valence-electron chi connectivity index (χ1n) is 4.70. The van der Waals surface area contributed by atoms with Crippen LogP contribution in [0.15, 0.2) is 28.7 Å². The summed E-state index contributed by atoms with van der Waals surface area (Å²) in [6.45, 7) is -0.0939. The van der Waals surface area contributed by atoms with Crippen LogP contribution in [0.4, 0.5) is 0 Å². The van der Waals surface area contributed by atoms with E-state index in [1.807, 2.05) is 24.3 Å². The van der Waals surface area contributed by atoms with Gasteiger partial charge in [0.1, 0.15) is 6.54 Å². The Morgan fingerprint density at radius 2 is 2.19 bits per heavy atom. The highest BCUT2D eigenvalue weighted by Crippen LogP contribution is 2.11. The van der Waals surface area contributed by atoms with Crippen molar-refractivity contribution in [2.24, 2.45) is 0 Å². The van der Waals surface area contributed by atoms with E-state index in [0.29, 0.717) is 0 Å². The smallest absolute Gasteiger partial charge is 0.325 e. The molecule has 0 radical (unpaired) electrons. The van der Waals surface area contributed by atoms with Gasteiger partial charge in [0.15, 0.2) is 0 Å². The normalized spacial score (nSPS) is 9.62. The number of rotatable bonds is 4. The molecule has 1 amide bonds. The summed E-state index contributed by atoms with van der Waals surface area (Å²) in [7, 11) is 1.28. The highest BCUT2D eigenvalue weighted by atomic mass is 79.9. The van der Waals surface area contributed by atoms with Crippen LogP contribution in [0, 0.1) is 0 Å². The number of esters is 1. The fraction of sp³-hybridized carbons (Fsp3) is 0.273. The topological polar surface area (TPSA) is 55.4 Å².